The number of hydrogen-bond donors (Lipinski definition) is 1. The predicted octanol–water partition coefficient (Wildman–Crippen LogP) is 2.76. The lowest BCUT2D eigenvalue weighted by atomic mass is 10.2. The van der Waals surface area contributed by atoms with Gasteiger partial charge >= 0.3 is 0 Å². The number of rotatable bonds is 4. The molecule has 2 aromatic carbocycles. The van der Waals surface area contributed by atoms with E-state index in [0.29, 0.717) is 22.7 Å². The Morgan fingerprint density at radius 3 is 2.53 bits per heavy atom. The molecule has 4 nitrogen and oxygen atoms in total. The van der Waals surface area contributed by atoms with E-state index in [-0.39, 0.29) is 5.91 Å². The van der Waals surface area contributed by atoms with Crippen LogP contribution in [-0.2, 0) is 0 Å². The highest BCUT2D eigenvalue weighted by atomic mass is 16.5. The predicted molar refractivity (Wildman–Crippen MR) is 72.8 cm³/mol. The molecule has 0 aliphatic rings. The molecule has 0 aliphatic carbocycles. The van der Waals surface area contributed by atoms with E-state index in [2.05, 4.69) is 11.4 Å². The van der Waals surface area contributed by atoms with Gasteiger partial charge in [0.2, 0.25) is 0 Å². The zero-order chi connectivity index (χ0) is 13.7. The molecule has 97 valence electrons. The van der Waals surface area contributed by atoms with Gasteiger partial charge in [0, 0.05) is 17.7 Å². The molecule has 0 aliphatic heterocycles. The fourth-order valence-corrected chi connectivity index (χ4v) is 1.63. The number of carbonyl (C=O) groups is 1. The van der Waals surface area contributed by atoms with Gasteiger partial charge in [0.1, 0.15) is 11.5 Å². The smallest absolute Gasteiger partial charge is 0.255 e. The lowest BCUT2D eigenvalue weighted by Crippen LogP contribution is -2.12. The van der Waals surface area contributed by atoms with Crippen molar-refractivity contribution in [3.63, 3.8) is 0 Å². The highest BCUT2D eigenvalue weighted by Crippen LogP contribution is 2.28. The van der Waals surface area contributed by atoms with Crippen molar-refractivity contribution in [2.75, 3.05) is 19.5 Å². The monoisotopic (exact) mass is 256 g/mol. The van der Waals surface area contributed by atoms with Gasteiger partial charge in [-0.15, -0.1) is 0 Å². The van der Waals surface area contributed by atoms with Crippen LogP contribution >= 0.6 is 0 Å². The highest BCUT2D eigenvalue weighted by Gasteiger charge is 2.10. The molecule has 19 heavy (non-hydrogen) atoms. The van der Waals surface area contributed by atoms with Crippen LogP contribution in [-0.4, -0.2) is 20.1 Å². The van der Waals surface area contributed by atoms with Crippen molar-refractivity contribution >= 4 is 11.6 Å². The summed E-state index contributed by atoms with van der Waals surface area (Å²) >= 11 is 0. The average molecular weight is 256 g/mol. The minimum Gasteiger partial charge on any atom is -0.496 e. The van der Waals surface area contributed by atoms with Crippen LogP contribution in [0.4, 0.5) is 5.69 Å². The molecule has 0 atom stereocenters. The summed E-state index contributed by atoms with van der Waals surface area (Å²) in [6.07, 6.45) is 0. The van der Waals surface area contributed by atoms with Crippen molar-refractivity contribution in [1.29, 1.82) is 0 Å². The third-order valence-corrected chi connectivity index (χ3v) is 2.61. The summed E-state index contributed by atoms with van der Waals surface area (Å²) in [5, 5.41) is 2.79. The number of carbonyl (C=O) groups excluding carboxylic acids is 1. The van der Waals surface area contributed by atoms with E-state index in [1.54, 1.807) is 31.4 Å². The van der Waals surface area contributed by atoms with Crippen LogP contribution in [0, 0.1) is 6.07 Å². The zero-order valence-corrected chi connectivity index (χ0v) is 10.8. The van der Waals surface area contributed by atoms with Crippen LogP contribution < -0.4 is 14.8 Å². The second-order valence-electron chi connectivity index (χ2n) is 3.80. The fraction of sp³-hybridized carbons (Fsp3) is 0.133. The highest BCUT2D eigenvalue weighted by molar-refractivity contribution is 6.05. The molecule has 0 spiro atoms. The number of benzene rings is 2. The maximum absolute atomic E-state index is 12.1. The minimum atomic E-state index is -0.202. The van der Waals surface area contributed by atoms with Gasteiger partial charge in [-0.05, 0) is 18.2 Å². The van der Waals surface area contributed by atoms with Crippen molar-refractivity contribution in [2.24, 2.45) is 0 Å². The third-order valence-electron chi connectivity index (χ3n) is 2.61. The van der Waals surface area contributed by atoms with Gasteiger partial charge in [-0.25, -0.2) is 0 Å². The molecule has 0 bridgehead atoms. The molecule has 1 radical (unpaired) electrons. The number of hydrogen-bond acceptors (Lipinski definition) is 3. The molecule has 2 rings (SSSR count). The molecule has 1 N–H and O–H groups in total. The maximum atomic E-state index is 12.1. The van der Waals surface area contributed by atoms with E-state index in [1.807, 2.05) is 18.2 Å². The molecule has 0 unspecified atom stereocenters. The number of ether oxygens (including phenoxy) is 2. The second-order valence-corrected chi connectivity index (χ2v) is 3.80. The van der Waals surface area contributed by atoms with Gasteiger partial charge in [-0.3, -0.25) is 4.79 Å². The Morgan fingerprint density at radius 1 is 1.16 bits per heavy atom. The normalized spacial score (nSPS) is 9.79. The molecule has 0 fully saturated rings. The van der Waals surface area contributed by atoms with Crippen LogP contribution in [0.1, 0.15) is 10.4 Å². The number of nitrogens with one attached hydrogen (secondary N) is 1. The molecule has 0 aromatic heterocycles. The Hall–Kier alpha value is -2.49. The van der Waals surface area contributed by atoms with E-state index < -0.39 is 0 Å². The van der Waals surface area contributed by atoms with Gasteiger partial charge in [0.25, 0.3) is 5.91 Å². The summed E-state index contributed by atoms with van der Waals surface area (Å²) in [5.41, 5.74) is 1.13. The van der Waals surface area contributed by atoms with E-state index in [1.165, 1.54) is 7.11 Å². The van der Waals surface area contributed by atoms with Crippen molar-refractivity contribution in [2.45, 2.75) is 0 Å². The number of amides is 1. The van der Waals surface area contributed by atoms with Gasteiger partial charge < -0.3 is 14.8 Å². The summed E-state index contributed by atoms with van der Waals surface area (Å²) in [6, 6.07) is 15.2. The van der Waals surface area contributed by atoms with E-state index in [4.69, 9.17) is 9.47 Å². The Balaban J connectivity index is 2.25. The Kier molecular flexibility index (Phi) is 4.03. The molecule has 1 amide bonds. The lowest BCUT2D eigenvalue weighted by molar-refractivity contribution is 0.102. The summed E-state index contributed by atoms with van der Waals surface area (Å²) in [6.45, 7) is 0. The van der Waals surface area contributed by atoms with Crippen LogP contribution in [0.5, 0.6) is 11.5 Å². The molecule has 0 heterocycles. The quantitative estimate of drug-likeness (QED) is 0.915. The summed E-state index contributed by atoms with van der Waals surface area (Å²) < 4.78 is 10.3. The third kappa shape index (κ3) is 3.04. The van der Waals surface area contributed by atoms with Crippen LogP contribution in [0.3, 0.4) is 0 Å². The topological polar surface area (TPSA) is 47.6 Å². The fourth-order valence-electron chi connectivity index (χ4n) is 1.63. The first-order valence-corrected chi connectivity index (χ1v) is 5.74. The molecular weight excluding hydrogens is 242 g/mol. The summed E-state index contributed by atoms with van der Waals surface area (Å²) in [7, 11) is 3.08. The molecule has 0 saturated carbocycles. The maximum Gasteiger partial charge on any atom is 0.255 e. The second kappa shape index (κ2) is 5.91. The van der Waals surface area contributed by atoms with Crippen molar-refractivity contribution in [3.05, 3.63) is 54.1 Å². The van der Waals surface area contributed by atoms with Gasteiger partial charge in [-0.1, -0.05) is 18.2 Å². The Labute approximate surface area is 112 Å². The molecular formula is C15H14NO3. The Bertz CT molecular complexity index is 567. The summed E-state index contributed by atoms with van der Waals surface area (Å²) in [5.74, 6) is 0.862. The minimum absolute atomic E-state index is 0.202. The largest absolute Gasteiger partial charge is 0.496 e. The van der Waals surface area contributed by atoms with Crippen molar-refractivity contribution in [3.8, 4) is 11.5 Å². The number of anilines is 1. The molecule has 4 heteroatoms. The molecule has 0 saturated heterocycles. The van der Waals surface area contributed by atoms with Crippen molar-refractivity contribution < 1.29 is 14.3 Å². The van der Waals surface area contributed by atoms with Crippen molar-refractivity contribution in [1.82, 2.24) is 0 Å². The first-order chi connectivity index (χ1) is 9.24. The average Bonchev–Trinajstić information content (AvgIpc) is 2.48. The van der Waals surface area contributed by atoms with Gasteiger partial charge in [0.05, 0.1) is 19.9 Å². The van der Waals surface area contributed by atoms with Gasteiger partial charge in [0.15, 0.2) is 0 Å². The first kappa shape index (κ1) is 13.0. The summed E-state index contributed by atoms with van der Waals surface area (Å²) in [4.78, 5) is 12.1. The Morgan fingerprint density at radius 2 is 1.89 bits per heavy atom. The van der Waals surface area contributed by atoms with Crippen LogP contribution in [0.15, 0.2) is 42.5 Å². The number of methoxy groups -OCH3 is 2. The lowest BCUT2D eigenvalue weighted by Gasteiger charge is -2.11. The standard InChI is InChI=1S/C15H14NO3/c1-18-12-8-9-14(19-2)13(10-12)16-15(17)11-6-4-3-5-7-11/h3-7,9-10H,1-2H3,(H,16,17). The SMILES string of the molecule is COc1[c]cc(OC)c(NC(=O)c2ccccc2)c1. The molecule has 2 aromatic rings. The van der Waals surface area contributed by atoms with Crippen LogP contribution in [0.2, 0.25) is 0 Å². The van der Waals surface area contributed by atoms with E-state index in [9.17, 15) is 4.79 Å². The first-order valence-electron chi connectivity index (χ1n) is 5.74. The zero-order valence-electron chi connectivity index (χ0n) is 10.8. The van der Waals surface area contributed by atoms with E-state index in [0.717, 1.165) is 0 Å². The van der Waals surface area contributed by atoms with E-state index >= 15 is 0 Å². The van der Waals surface area contributed by atoms with Crippen LogP contribution in [0.25, 0.3) is 0 Å². The van der Waals surface area contributed by atoms with Gasteiger partial charge in [-0.2, -0.15) is 0 Å².